The van der Waals surface area contributed by atoms with Crippen molar-refractivity contribution in [2.45, 2.75) is 19.4 Å². The number of nitrogens with zero attached hydrogens (tertiary/aromatic N) is 1. The predicted molar refractivity (Wildman–Crippen MR) is 103 cm³/mol. The van der Waals surface area contributed by atoms with Crippen molar-refractivity contribution >= 4 is 19.3 Å². The molecule has 2 aromatic carbocycles. The van der Waals surface area contributed by atoms with Crippen LogP contribution in [0.3, 0.4) is 0 Å². The first-order valence-electron chi connectivity index (χ1n) is 8.44. The highest BCUT2D eigenvalue weighted by atomic mass is 31.2. The molecule has 10 heteroatoms. The Kier molecular flexibility index (Phi) is 7.14. The Morgan fingerprint density at radius 3 is 2.18 bits per heavy atom. The van der Waals surface area contributed by atoms with Crippen LogP contribution in [0.25, 0.3) is 0 Å². The molecule has 0 spiro atoms. The molecule has 0 radical (unpaired) electrons. The number of rotatable bonds is 10. The number of nitrogens with two attached hydrogens (primary N) is 1. The molecule has 0 saturated carbocycles. The molecule has 0 heterocycles. The van der Waals surface area contributed by atoms with Gasteiger partial charge in [0, 0.05) is 12.1 Å². The molecule has 0 bridgehead atoms. The minimum Gasteiger partial charge on any atom is -0.480 e. The Bertz CT molecular complexity index is 858. The summed E-state index contributed by atoms with van der Waals surface area (Å²) in [6.45, 7) is 1.70. The molecule has 3 N–H and O–H groups in total. The Morgan fingerprint density at radius 1 is 1.14 bits per heavy atom. The van der Waals surface area contributed by atoms with E-state index >= 15 is 0 Å². The highest BCUT2D eigenvalue weighted by Crippen LogP contribution is 2.50. The van der Waals surface area contributed by atoms with Gasteiger partial charge in [0.25, 0.3) is 5.69 Å². The second-order valence-corrected chi connectivity index (χ2v) is 8.28. The van der Waals surface area contributed by atoms with E-state index in [4.69, 9.17) is 19.9 Å². The fourth-order valence-electron chi connectivity index (χ4n) is 2.52. The molecule has 0 aliphatic rings. The summed E-state index contributed by atoms with van der Waals surface area (Å²) in [6, 6.07) is 12.4. The molecule has 0 saturated heterocycles. The Balaban J connectivity index is 2.21. The summed E-state index contributed by atoms with van der Waals surface area (Å²) in [7, 11) is -3.76. The first-order chi connectivity index (χ1) is 13.2. The van der Waals surface area contributed by atoms with Crippen molar-refractivity contribution in [1.29, 1.82) is 0 Å². The van der Waals surface area contributed by atoms with Gasteiger partial charge in [-0.25, -0.2) is 4.57 Å². The molecule has 2 unspecified atom stereocenters. The highest BCUT2D eigenvalue weighted by molar-refractivity contribution is 7.54. The third-order valence-corrected chi connectivity index (χ3v) is 5.84. The number of benzene rings is 2. The van der Waals surface area contributed by atoms with Crippen LogP contribution in [0.4, 0.5) is 5.69 Å². The summed E-state index contributed by atoms with van der Waals surface area (Å²) >= 11 is 0. The number of nitro benzene ring substituents is 1. The number of hydrogen-bond donors (Lipinski definition) is 2. The lowest BCUT2D eigenvalue weighted by atomic mass is 10.0. The van der Waals surface area contributed by atoms with Crippen LogP contribution in [0, 0.1) is 16.0 Å². The van der Waals surface area contributed by atoms with E-state index in [1.54, 1.807) is 37.3 Å². The van der Waals surface area contributed by atoms with Gasteiger partial charge in [0.1, 0.15) is 17.5 Å². The van der Waals surface area contributed by atoms with Gasteiger partial charge >= 0.3 is 13.6 Å². The van der Waals surface area contributed by atoms with Gasteiger partial charge in [0.05, 0.1) is 11.1 Å². The lowest BCUT2D eigenvalue weighted by Gasteiger charge is -2.23. The summed E-state index contributed by atoms with van der Waals surface area (Å²) in [5.41, 5.74) is 5.42. The number of carboxylic acids is 1. The number of hydrogen-bond acceptors (Lipinski definition) is 7. The minimum absolute atomic E-state index is 0.0835. The van der Waals surface area contributed by atoms with Gasteiger partial charge in [-0.05, 0) is 36.6 Å². The van der Waals surface area contributed by atoms with Crippen molar-refractivity contribution in [1.82, 2.24) is 0 Å². The van der Waals surface area contributed by atoms with Crippen LogP contribution in [0.1, 0.15) is 13.3 Å². The number of non-ortho nitro benzene ring substituents is 1. The van der Waals surface area contributed by atoms with E-state index in [-0.39, 0.29) is 29.9 Å². The fourth-order valence-corrected chi connectivity index (χ4v) is 4.50. The van der Waals surface area contributed by atoms with Crippen LogP contribution in [0.5, 0.6) is 11.5 Å². The van der Waals surface area contributed by atoms with Gasteiger partial charge in [-0.15, -0.1) is 0 Å². The number of nitro groups is 1. The molecular formula is C18H21N2O7P. The standard InChI is InChI=1S/C18H21N2O7P/c1-13(11-17(19)18(21)22)12-28(25,26-15-5-3-2-4-6-15)27-16-9-7-14(8-10-16)20(23)24/h2-10,13,17H,11-12,19H2,1H3,(H,21,22)/t13?,17-,28?/m0/s1. The van der Waals surface area contributed by atoms with Gasteiger partial charge in [0.2, 0.25) is 0 Å². The van der Waals surface area contributed by atoms with Crippen molar-refractivity contribution in [2.24, 2.45) is 11.7 Å². The summed E-state index contributed by atoms with van der Waals surface area (Å²) in [5.74, 6) is -1.07. The van der Waals surface area contributed by atoms with Gasteiger partial charge in [-0.1, -0.05) is 25.1 Å². The molecule has 28 heavy (non-hydrogen) atoms. The number of para-hydroxylation sites is 1. The van der Waals surface area contributed by atoms with E-state index in [0.717, 1.165) is 0 Å². The van der Waals surface area contributed by atoms with Crippen molar-refractivity contribution in [3.05, 3.63) is 64.7 Å². The smallest absolute Gasteiger partial charge is 0.430 e. The van der Waals surface area contributed by atoms with E-state index in [9.17, 15) is 19.5 Å². The Hall–Kier alpha value is -2.90. The van der Waals surface area contributed by atoms with Crippen LogP contribution in [0.15, 0.2) is 54.6 Å². The molecule has 2 rings (SSSR count). The third kappa shape index (κ3) is 6.37. The lowest BCUT2D eigenvalue weighted by Crippen LogP contribution is -2.32. The summed E-state index contributed by atoms with van der Waals surface area (Å²) < 4.78 is 24.5. The molecule has 0 aliphatic carbocycles. The molecule has 3 atom stereocenters. The topological polar surface area (TPSA) is 142 Å². The molecule has 150 valence electrons. The van der Waals surface area contributed by atoms with Crippen LogP contribution in [-0.2, 0) is 9.36 Å². The van der Waals surface area contributed by atoms with Gasteiger partial charge in [-0.3, -0.25) is 14.9 Å². The molecule has 0 aliphatic heterocycles. The summed E-state index contributed by atoms with van der Waals surface area (Å²) in [4.78, 5) is 21.2. The molecule has 9 nitrogen and oxygen atoms in total. The van der Waals surface area contributed by atoms with Crippen molar-refractivity contribution < 1.29 is 28.4 Å². The van der Waals surface area contributed by atoms with E-state index < -0.39 is 24.5 Å². The zero-order chi connectivity index (χ0) is 20.7. The zero-order valence-electron chi connectivity index (χ0n) is 15.1. The molecule has 0 amide bonds. The van der Waals surface area contributed by atoms with Gasteiger partial charge in [-0.2, -0.15) is 0 Å². The predicted octanol–water partition coefficient (Wildman–Crippen LogP) is 3.68. The Labute approximate surface area is 161 Å². The van der Waals surface area contributed by atoms with Crippen LogP contribution in [0.2, 0.25) is 0 Å². The first kappa shape index (κ1) is 21.4. The lowest BCUT2D eigenvalue weighted by molar-refractivity contribution is -0.384. The van der Waals surface area contributed by atoms with Gasteiger partial charge < -0.3 is 19.9 Å². The first-order valence-corrected chi connectivity index (χ1v) is 10.2. The van der Waals surface area contributed by atoms with Crippen LogP contribution >= 0.6 is 7.60 Å². The van der Waals surface area contributed by atoms with E-state index in [1.807, 2.05) is 0 Å². The summed E-state index contributed by atoms with van der Waals surface area (Å²) in [6.07, 6.45) is 0.000949. The van der Waals surface area contributed by atoms with E-state index in [1.165, 1.54) is 24.3 Å². The maximum absolute atomic E-state index is 13.4. The molecule has 2 aromatic rings. The second kappa shape index (κ2) is 9.34. The monoisotopic (exact) mass is 408 g/mol. The average Bonchev–Trinajstić information content (AvgIpc) is 2.62. The van der Waals surface area contributed by atoms with Crippen molar-refractivity contribution in [3.63, 3.8) is 0 Å². The third-order valence-electron chi connectivity index (χ3n) is 3.79. The zero-order valence-corrected chi connectivity index (χ0v) is 16.0. The van der Waals surface area contributed by atoms with Crippen LogP contribution < -0.4 is 14.8 Å². The van der Waals surface area contributed by atoms with E-state index in [0.29, 0.717) is 5.75 Å². The average molecular weight is 408 g/mol. The fraction of sp³-hybridized carbons (Fsp3) is 0.278. The molecular weight excluding hydrogens is 387 g/mol. The van der Waals surface area contributed by atoms with Crippen molar-refractivity contribution in [2.75, 3.05) is 6.16 Å². The van der Waals surface area contributed by atoms with Crippen LogP contribution in [-0.4, -0.2) is 28.2 Å². The molecule has 0 fully saturated rings. The second-order valence-electron chi connectivity index (χ2n) is 6.33. The minimum atomic E-state index is -3.76. The van der Waals surface area contributed by atoms with Crippen molar-refractivity contribution in [3.8, 4) is 11.5 Å². The maximum Gasteiger partial charge on any atom is 0.430 e. The SMILES string of the molecule is CC(C[C@H](N)C(=O)O)CP(=O)(Oc1ccccc1)Oc1ccc([N+](=O)[O-])cc1. The quantitative estimate of drug-likeness (QED) is 0.344. The maximum atomic E-state index is 13.4. The Morgan fingerprint density at radius 2 is 1.68 bits per heavy atom. The largest absolute Gasteiger partial charge is 0.480 e. The highest BCUT2D eigenvalue weighted by Gasteiger charge is 2.32. The number of aliphatic carboxylic acids is 1. The van der Waals surface area contributed by atoms with Gasteiger partial charge in [0.15, 0.2) is 0 Å². The normalized spacial score (nSPS) is 15.1. The number of carboxylic acid groups (broad SMARTS) is 1. The van der Waals surface area contributed by atoms with E-state index in [2.05, 4.69) is 0 Å². The molecule has 0 aromatic heterocycles. The number of carbonyl (C=O) groups is 1. The summed E-state index contributed by atoms with van der Waals surface area (Å²) in [5, 5.41) is 19.7.